The Hall–Kier alpha value is -1.36. The van der Waals surface area contributed by atoms with Crippen LogP contribution in [0.3, 0.4) is 0 Å². The molecule has 2 aromatic rings. The normalized spacial score (nSPS) is 11.2. The van der Waals surface area contributed by atoms with Crippen molar-refractivity contribution in [2.45, 2.75) is 33.7 Å². The highest BCUT2D eigenvalue weighted by Gasteiger charge is 2.18. The first-order valence-electron chi connectivity index (χ1n) is 5.86. The summed E-state index contributed by atoms with van der Waals surface area (Å²) in [6, 6.07) is 2.10. The van der Waals surface area contributed by atoms with Crippen molar-refractivity contribution in [1.29, 1.82) is 0 Å². The number of amides is 1. The average molecular weight is 310 g/mol. The molecule has 0 aromatic carbocycles. The van der Waals surface area contributed by atoms with Crippen molar-refractivity contribution >= 4 is 27.5 Å². The predicted octanol–water partition coefficient (Wildman–Crippen LogP) is 2.85. The number of pyridine rings is 1. The molecule has 0 aliphatic rings. The van der Waals surface area contributed by atoms with Gasteiger partial charge in [-0.25, -0.2) is 4.98 Å². The number of rotatable bonds is 2. The monoisotopic (exact) mass is 309 g/mol. The van der Waals surface area contributed by atoms with Gasteiger partial charge in [-0.15, -0.1) is 0 Å². The molecule has 96 valence electrons. The van der Waals surface area contributed by atoms with E-state index in [1.165, 1.54) is 0 Å². The van der Waals surface area contributed by atoms with Gasteiger partial charge in [-0.1, -0.05) is 0 Å². The topological polar surface area (TPSA) is 46.4 Å². The summed E-state index contributed by atoms with van der Waals surface area (Å²) in [6.45, 7) is 7.73. The minimum atomic E-state index is -0.0903. The summed E-state index contributed by atoms with van der Waals surface area (Å²) >= 11 is 3.48. The van der Waals surface area contributed by atoms with Crippen LogP contribution in [0.4, 0.5) is 0 Å². The second-order valence-corrected chi connectivity index (χ2v) is 5.59. The highest BCUT2D eigenvalue weighted by atomic mass is 79.9. The molecule has 0 atom stereocenters. The molecule has 2 aromatic heterocycles. The summed E-state index contributed by atoms with van der Waals surface area (Å²) in [5.41, 5.74) is 3.18. The van der Waals surface area contributed by atoms with E-state index in [-0.39, 0.29) is 11.9 Å². The van der Waals surface area contributed by atoms with E-state index in [1.54, 1.807) is 0 Å². The summed E-state index contributed by atoms with van der Waals surface area (Å²) in [6.07, 6.45) is 1.93. The zero-order chi connectivity index (χ0) is 13.4. The zero-order valence-electron chi connectivity index (χ0n) is 10.9. The van der Waals surface area contributed by atoms with Gasteiger partial charge in [-0.05, 0) is 55.3 Å². The Labute approximate surface area is 115 Å². The lowest BCUT2D eigenvalue weighted by Gasteiger charge is -2.09. The fourth-order valence-electron chi connectivity index (χ4n) is 1.95. The highest BCUT2D eigenvalue weighted by molar-refractivity contribution is 9.10. The van der Waals surface area contributed by atoms with Gasteiger partial charge in [-0.3, -0.25) is 9.20 Å². The van der Waals surface area contributed by atoms with E-state index in [2.05, 4.69) is 26.2 Å². The molecule has 0 saturated heterocycles. The fraction of sp³-hybridized carbons (Fsp3) is 0.385. The lowest BCUT2D eigenvalue weighted by atomic mass is 10.3. The van der Waals surface area contributed by atoms with Crippen LogP contribution in [0.5, 0.6) is 0 Å². The molecule has 0 unspecified atom stereocenters. The Kier molecular flexibility index (Phi) is 3.43. The maximum atomic E-state index is 12.2. The Morgan fingerprint density at radius 2 is 2.11 bits per heavy atom. The van der Waals surface area contributed by atoms with E-state index >= 15 is 0 Å². The Morgan fingerprint density at radius 3 is 2.72 bits per heavy atom. The predicted molar refractivity (Wildman–Crippen MR) is 75.0 cm³/mol. The van der Waals surface area contributed by atoms with Gasteiger partial charge in [0.25, 0.3) is 5.91 Å². The summed E-state index contributed by atoms with van der Waals surface area (Å²) < 4.78 is 2.74. The highest BCUT2D eigenvalue weighted by Crippen LogP contribution is 2.22. The van der Waals surface area contributed by atoms with E-state index in [1.807, 2.05) is 44.4 Å². The first-order chi connectivity index (χ1) is 8.40. The Balaban J connectivity index is 2.63. The number of aryl methyl sites for hydroxylation is 2. The Bertz CT molecular complexity index is 616. The smallest absolute Gasteiger partial charge is 0.270 e. The molecular weight excluding hydrogens is 294 g/mol. The van der Waals surface area contributed by atoms with Crippen LogP contribution < -0.4 is 5.32 Å². The van der Waals surface area contributed by atoms with Crippen LogP contribution in [0.15, 0.2) is 16.7 Å². The molecule has 4 nitrogen and oxygen atoms in total. The first-order valence-corrected chi connectivity index (χ1v) is 6.65. The van der Waals surface area contributed by atoms with E-state index in [0.717, 1.165) is 21.4 Å². The van der Waals surface area contributed by atoms with Gasteiger partial charge in [-0.2, -0.15) is 0 Å². The van der Waals surface area contributed by atoms with Gasteiger partial charge in [0, 0.05) is 12.2 Å². The van der Waals surface area contributed by atoms with E-state index in [4.69, 9.17) is 0 Å². The summed E-state index contributed by atoms with van der Waals surface area (Å²) in [5.74, 6) is -0.0903. The molecule has 18 heavy (non-hydrogen) atoms. The van der Waals surface area contributed by atoms with Crippen LogP contribution in [0.2, 0.25) is 0 Å². The fourth-order valence-corrected chi connectivity index (χ4v) is 2.59. The lowest BCUT2D eigenvalue weighted by molar-refractivity contribution is 0.0936. The second-order valence-electron chi connectivity index (χ2n) is 4.73. The van der Waals surface area contributed by atoms with Gasteiger partial charge in [0.15, 0.2) is 5.65 Å². The van der Waals surface area contributed by atoms with Gasteiger partial charge < -0.3 is 5.32 Å². The Morgan fingerprint density at radius 1 is 1.44 bits per heavy atom. The van der Waals surface area contributed by atoms with Crippen LogP contribution in [-0.2, 0) is 0 Å². The molecule has 1 amide bonds. The third kappa shape index (κ3) is 2.27. The van der Waals surface area contributed by atoms with E-state index in [9.17, 15) is 4.79 Å². The summed E-state index contributed by atoms with van der Waals surface area (Å²) in [4.78, 5) is 16.6. The number of nitrogens with one attached hydrogen (secondary N) is 1. The van der Waals surface area contributed by atoms with Crippen molar-refractivity contribution in [3.63, 3.8) is 0 Å². The molecule has 0 radical (unpaired) electrons. The third-order valence-corrected chi connectivity index (χ3v) is 3.20. The number of aromatic nitrogens is 2. The van der Waals surface area contributed by atoms with Crippen molar-refractivity contribution in [3.05, 3.63) is 33.7 Å². The number of halogens is 1. The number of hydrogen-bond acceptors (Lipinski definition) is 2. The average Bonchev–Trinajstić information content (AvgIpc) is 2.53. The molecule has 0 fully saturated rings. The van der Waals surface area contributed by atoms with Crippen LogP contribution in [0.1, 0.15) is 35.6 Å². The maximum Gasteiger partial charge on any atom is 0.270 e. The molecule has 0 aliphatic carbocycles. The first kappa shape index (κ1) is 13.1. The molecule has 0 bridgehead atoms. The van der Waals surface area contributed by atoms with Gasteiger partial charge in [0.2, 0.25) is 0 Å². The minimum absolute atomic E-state index is 0.0903. The standard InChI is InChI=1S/C13H16BrN3O/c1-7(2)15-13(18)11-9(4)16-12-10(14)5-8(3)6-17(11)12/h5-7H,1-4H3,(H,15,18). The van der Waals surface area contributed by atoms with E-state index < -0.39 is 0 Å². The molecule has 2 heterocycles. The number of imidazole rings is 1. The number of hydrogen-bond donors (Lipinski definition) is 1. The van der Waals surface area contributed by atoms with E-state index in [0.29, 0.717) is 5.69 Å². The van der Waals surface area contributed by atoms with Crippen molar-refractivity contribution in [2.75, 3.05) is 0 Å². The SMILES string of the molecule is Cc1cc(Br)c2nc(C)c(C(=O)NC(C)C)n2c1. The summed E-state index contributed by atoms with van der Waals surface area (Å²) in [5, 5.41) is 2.90. The number of nitrogens with zero attached hydrogens (tertiary/aromatic N) is 2. The molecule has 5 heteroatoms. The van der Waals surface area contributed by atoms with Crippen LogP contribution in [0, 0.1) is 13.8 Å². The quantitative estimate of drug-likeness (QED) is 0.927. The van der Waals surface area contributed by atoms with Crippen molar-refractivity contribution in [1.82, 2.24) is 14.7 Å². The van der Waals surface area contributed by atoms with Crippen LogP contribution >= 0.6 is 15.9 Å². The number of carbonyl (C=O) groups excluding carboxylic acids is 1. The second kappa shape index (κ2) is 4.72. The lowest BCUT2D eigenvalue weighted by Crippen LogP contribution is -2.31. The zero-order valence-corrected chi connectivity index (χ0v) is 12.5. The van der Waals surface area contributed by atoms with Crippen LogP contribution in [-0.4, -0.2) is 21.3 Å². The van der Waals surface area contributed by atoms with Gasteiger partial charge in [0.05, 0.1) is 10.2 Å². The van der Waals surface area contributed by atoms with Gasteiger partial charge in [0.1, 0.15) is 5.69 Å². The summed E-state index contributed by atoms with van der Waals surface area (Å²) in [7, 11) is 0. The van der Waals surface area contributed by atoms with Crippen molar-refractivity contribution in [3.8, 4) is 0 Å². The molecule has 0 saturated carbocycles. The molecule has 0 aliphatic heterocycles. The number of carbonyl (C=O) groups is 1. The van der Waals surface area contributed by atoms with Crippen molar-refractivity contribution in [2.24, 2.45) is 0 Å². The van der Waals surface area contributed by atoms with Crippen LogP contribution in [0.25, 0.3) is 5.65 Å². The molecule has 0 spiro atoms. The molecule has 1 N–H and O–H groups in total. The molecular formula is C13H16BrN3O. The largest absolute Gasteiger partial charge is 0.349 e. The van der Waals surface area contributed by atoms with Crippen molar-refractivity contribution < 1.29 is 4.79 Å². The maximum absolute atomic E-state index is 12.2. The number of fused-ring (bicyclic) bond motifs is 1. The molecule has 2 rings (SSSR count). The van der Waals surface area contributed by atoms with Gasteiger partial charge >= 0.3 is 0 Å². The third-order valence-electron chi connectivity index (χ3n) is 2.62. The minimum Gasteiger partial charge on any atom is -0.349 e.